The second kappa shape index (κ2) is 6.09. The van der Waals surface area contributed by atoms with E-state index in [-0.39, 0.29) is 17.4 Å². The molecule has 3 heterocycles. The number of aromatic amines is 1. The number of H-pyrrole nitrogens is 1. The number of piperidine rings is 1. The van der Waals surface area contributed by atoms with Gasteiger partial charge < -0.3 is 9.88 Å². The fourth-order valence-corrected chi connectivity index (χ4v) is 2.83. The summed E-state index contributed by atoms with van der Waals surface area (Å²) in [4.78, 5) is 37.2. The lowest BCUT2D eigenvalue weighted by atomic mass is 9.96. The Balaban J connectivity index is 1.79. The largest absolute Gasteiger partial charge is 0.337 e. The molecule has 3 rings (SSSR count). The fourth-order valence-electron chi connectivity index (χ4n) is 2.83. The van der Waals surface area contributed by atoms with Crippen LogP contribution >= 0.6 is 0 Å². The predicted molar refractivity (Wildman–Crippen MR) is 81.7 cm³/mol. The summed E-state index contributed by atoms with van der Waals surface area (Å²) in [6.07, 6.45) is 3.42. The highest BCUT2D eigenvalue weighted by molar-refractivity contribution is 5.92. The number of carbonyl (C=O) groups excluding carboxylic acids is 1. The first-order valence-electron chi connectivity index (χ1n) is 7.41. The Kier molecular flexibility index (Phi) is 4.00. The van der Waals surface area contributed by atoms with Gasteiger partial charge in [0.15, 0.2) is 0 Å². The summed E-state index contributed by atoms with van der Waals surface area (Å²) in [5.74, 6) is 0.665. The van der Waals surface area contributed by atoms with Crippen molar-refractivity contribution < 1.29 is 4.79 Å². The van der Waals surface area contributed by atoms with Crippen molar-refractivity contribution in [3.63, 3.8) is 0 Å². The molecular weight excluding hydrogens is 280 g/mol. The number of aromatic nitrogens is 3. The second-order valence-corrected chi connectivity index (χ2v) is 5.58. The Morgan fingerprint density at radius 2 is 2.27 bits per heavy atom. The van der Waals surface area contributed by atoms with E-state index in [1.54, 1.807) is 36.2 Å². The number of nitrogens with zero attached hydrogens (tertiary/aromatic N) is 3. The minimum absolute atomic E-state index is 0.0639. The van der Waals surface area contributed by atoms with Crippen LogP contribution in [0.1, 0.15) is 40.8 Å². The lowest BCUT2D eigenvalue weighted by Crippen LogP contribution is -2.40. The molecule has 22 heavy (non-hydrogen) atoms. The first-order valence-corrected chi connectivity index (χ1v) is 7.41. The van der Waals surface area contributed by atoms with E-state index < -0.39 is 0 Å². The molecule has 6 heteroatoms. The van der Waals surface area contributed by atoms with Crippen LogP contribution in [0.4, 0.5) is 0 Å². The fraction of sp³-hybridized carbons (Fsp3) is 0.375. The maximum absolute atomic E-state index is 12.5. The third kappa shape index (κ3) is 3.05. The SMILES string of the molecule is Cc1cc(=O)[nH]c([C@@H]2CCCN(C(=O)c3ccccn3)C2)n1. The molecule has 1 N–H and O–H groups in total. The molecule has 0 saturated carbocycles. The number of carbonyl (C=O) groups is 1. The van der Waals surface area contributed by atoms with E-state index in [1.165, 1.54) is 6.07 Å². The third-order valence-electron chi connectivity index (χ3n) is 3.87. The van der Waals surface area contributed by atoms with Gasteiger partial charge in [0.05, 0.1) is 0 Å². The molecule has 2 aromatic heterocycles. The monoisotopic (exact) mass is 298 g/mol. The van der Waals surface area contributed by atoms with Crippen molar-refractivity contribution in [1.29, 1.82) is 0 Å². The van der Waals surface area contributed by atoms with Crippen molar-refractivity contribution in [1.82, 2.24) is 19.9 Å². The molecule has 0 spiro atoms. The lowest BCUT2D eigenvalue weighted by Gasteiger charge is -2.32. The third-order valence-corrected chi connectivity index (χ3v) is 3.87. The van der Waals surface area contributed by atoms with Crippen LogP contribution in [-0.4, -0.2) is 38.8 Å². The lowest BCUT2D eigenvalue weighted by molar-refractivity contribution is 0.0698. The molecule has 1 amide bonds. The minimum Gasteiger partial charge on any atom is -0.337 e. The number of amides is 1. The van der Waals surface area contributed by atoms with Crippen molar-refractivity contribution in [2.75, 3.05) is 13.1 Å². The summed E-state index contributed by atoms with van der Waals surface area (Å²) in [5, 5.41) is 0. The van der Waals surface area contributed by atoms with Gasteiger partial charge in [0.25, 0.3) is 11.5 Å². The van der Waals surface area contributed by atoms with Crippen molar-refractivity contribution in [3.05, 3.63) is 58.0 Å². The van der Waals surface area contributed by atoms with Crippen molar-refractivity contribution >= 4 is 5.91 Å². The average Bonchev–Trinajstić information content (AvgIpc) is 2.54. The van der Waals surface area contributed by atoms with Gasteiger partial charge in [-0.15, -0.1) is 0 Å². The summed E-state index contributed by atoms with van der Waals surface area (Å²) < 4.78 is 0. The number of likely N-dealkylation sites (tertiary alicyclic amines) is 1. The Morgan fingerprint density at radius 1 is 1.41 bits per heavy atom. The van der Waals surface area contributed by atoms with Crippen LogP contribution in [0.25, 0.3) is 0 Å². The molecule has 1 aliphatic rings. The number of pyridine rings is 1. The van der Waals surface area contributed by atoms with Crippen LogP contribution in [0.15, 0.2) is 35.3 Å². The van der Waals surface area contributed by atoms with Gasteiger partial charge in [0.2, 0.25) is 0 Å². The highest BCUT2D eigenvalue weighted by Gasteiger charge is 2.27. The molecule has 0 radical (unpaired) electrons. The zero-order chi connectivity index (χ0) is 15.5. The average molecular weight is 298 g/mol. The summed E-state index contributed by atoms with van der Waals surface area (Å²) in [5.41, 5.74) is 1.01. The number of hydrogen-bond acceptors (Lipinski definition) is 4. The van der Waals surface area contributed by atoms with E-state index in [1.807, 2.05) is 0 Å². The smallest absolute Gasteiger partial charge is 0.272 e. The summed E-state index contributed by atoms with van der Waals surface area (Å²) in [7, 11) is 0. The summed E-state index contributed by atoms with van der Waals surface area (Å²) in [6.45, 7) is 3.07. The Bertz CT molecular complexity index is 726. The van der Waals surface area contributed by atoms with Crippen LogP contribution in [0.3, 0.4) is 0 Å². The molecule has 1 saturated heterocycles. The van der Waals surface area contributed by atoms with E-state index in [9.17, 15) is 9.59 Å². The molecule has 114 valence electrons. The minimum atomic E-state index is -0.143. The number of hydrogen-bond donors (Lipinski definition) is 1. The van der Waals surface area contributed by atoms with Gasteiger partial charge in [0, 0.05) is 37.0 Å². The topological polar surface area (TPSA) is 79.0 Å². The van der Waals surface area contributed by atoms with Crippen LogP contribution < -0.4 is 5.56 Å². The van der Waals surface area contributed by atoms with Crippen LogP contribution in [0.5, 0.6) is 0 Å². The maximum Gasteiger partial charge on any atom is 0.272 e. The molecule has 6 nitrogen and oxygen atoms in total. The highest BCUT2D eigenvalue weighted by atomic mass is 16.2. The Hall–Kier alpha value is -2.50. The van der Waals surface area contributed by atoms with Crippen molar-refractivity contribution in [2.45, 2.75) is 25.7 Å². The van der Waals surface area contributed by atoms with Crippen LogP contribution in [0, 0.1) is 6.92 Å². The van der Waals surface area contributed by atoms with Crippen molar-refractivity contribution in [3.8, 4) is 0 Å². The summed E-state index contributed by atoms with van der Waals surface area (Å²) in [6, 6.07) is 6.79. The maximum atomic E-state index is 12.5. The van der Waals surface area contributed by atoms with E-state index >= 15 is 0 Å². The predicted octanol–water partition coefficient (Wildman–Crippen LogP) is 1.49. The highest BCUT2D eigenvalue weighted by Crippen LogP contribution is 2.24. The molecule has 0 aliphatic carbocycles. The molecule has 0 aromatic carbocycles. The van der Waals surface area contributed by atoms with Crippen LogP contribution in [-0.2, 0) is 0 Å². The first-order chi connectivity index (χ1) is 10.6. The van der Waals surface area contributed by atoms with E-state index in [2.05, 4.69) is 15.0 Å². The van der Waals surface area contributed by atoms with Crippen LogP contribution in [0.2, 0.25) is 0 Å². The molecular formula is C16H18N4O2. The van der Waals surface area contributed by atoms with Gasteiger partial charge >= 0.3 is 0 Å². The van der Waals surface area contributed by atoms with Gasteiger partial charge in [-0.1, -0.05) is 6.07 Å². The molecule has 1 aliphatic heterocycles. The van der Waals surface area contributed by atoms with Gasteiger partial charge in [-0.05, 0) is 31.9 Å². The number of aryl methyl sites for hydroxylation is 1. The second-order valence-electron chi connectivity index (χ2n) is 5.58. The van der Waals surface area contributed by atoms with Gasteiger partial charge in [0.1, 0.15) is 11.5 Å². The molecule has 1 atom stereocenters. The number of nitrogens with one attached hydrogen (secondary N) is 1. The van der Waals surface area contributed by atoms with Gasteiger partial charge in [-0.3, -0.25) is 14.6 Å². The molecule has 0 bridgehead atoms. The first kappa shape index (κ1) is 14.4. The zero-order valence-electron chi connectivity index (χ0n) is 12.5. The van der Waals surface area contributed by atoms with E-state index in [0.717, 1.165) is 12.8 Å². The normalized spacial score (nSPS) is 18.2. The van der Waals surface area contributed by atoms with Gasteiger partial charge in [-0.25, -0.2) is 4.98 Å². The van der Waals surface area contributed by atoms with E-state index in [0.29, 0.717) is 30.3 Å². The van der Waals surface area contributed by atoms with Gasteiger partial charge in [-0.2, -0.15) is 0 Å². The van der Waals surface area contributed by atoms with E-state index in [4.69, 9.17) is 0 Å². The molecule has 2 aromatic rings. The zero-order valence-corrected chi connectivity index (χ0v) is 12.5. The quantitative estimate of drug-likeness (QED) is 0.911. The van der Waals surface area contributed by atoms with Crippen molar-refractivity contribution in [2.24, 2.45) is 0 Å². The summed E-state index contributed by atoms with van der Waals surface area (Å²) >= 11 is 0. The molecule has 0 unspecified atom stereocenters. The standard InChI is InChI=1S/C16H18N4O2/c1-11-9-14(21)19-15(18-11)12-5-4-8-20(10-12)16(22)13-6-2-3-7-17-13/h2-3,6-7,9,12H,4-5,8,10H2,1H3,(H,18,19,21)/t12-/m1/s1. The molecule has 1 fully saturated rings. The Labute approximate surface area is 128 Å². The number of rotatable bonds is 2. The Morgan fingerprint density at radius 3 is 3.00 bits per heavy atom.